The summed E-state index contributed by atoms with van der Waals surface area (Å²) in [5.41, 5.74) is 2.08. The van der Waals surface area contributed by atoms with Crippen LogP contribution in [0.25, 0.3) is 10.9 Å². The fraction of sp³-hybridized carbons (Fsp3) is 0.160. The zero-order valence-corrected chi connectivity index (χ0v) is 20.5. The van der Waals surface area contributed by atoms with Gasteiger partial charge in [-0.1, -0.05) is 40.5 Å². The van der Waals surface area contributed by atoms with Crippen LogP contribution in [0.3, 0.4) is 0 Å². The standard InChI is InChI=1S/C25H19BrClN3O4/c1-2-24-29-20-6-5-17(26)11-18(20)25(31)30(24)28-12-15-3-7-21(19(27)9-15)32-13-16-4-8-22-23(10-16)34-14-33-22/h3-12H,2,13-14H2,1H3. The molecule has 0 N–H and O–H groups in total. The van der Waals surface area contributed by atoms with Crippen LogP contribution in [0.2, 0.25) is 5.02 Å². The number of aryl methyl sites for hydroxylation is 1. The van der Waals surface area contributed by atoms with E-state index in [1.165, 1.54) is 4.68 Å². The van der Waals surface area contributed by atoms with Crippen molar-refractivity contribution in [3.8, 4) is 17.2 Å². The van der Waals surface area contributed by atoms with Crippen molar-refractivity contribution in [2.75, 3.05) is 6.79 Å². The predicted octanol–water partition coefficient (Wildman–Crippen LogP) is 5.56. The van der Waals surface area contributed by atoms with Crippen molar-refractivity contribution in [3.05, 3.63) is 91.4 Å². The third kappa shape index (κ3) is 4.51. The van der Waals surface area contributed by atoms with Crippen LogP contribution in [0.4, 0.5) is 0 Å². The molecule has 1 aliphatic rings. The molecule has 0 bridgehead atoms. The molecule has 0 atom stereocenters. The second-order valence-corrected chi connectivity index (χ2v) is 8.89. The van der Waals surface area contributed by atoms with Gasteiger partial charge in [0.25, 0.3) is 5.56 Å². The Labute approximate surface area is 208 Å². The quantitative estimate of drug-likeness (QED) is 0.299. The van der Waals surface area contributed by atoms with Gasteiger partial charge in [0.2, 0.25) is 6.79 Å². The highest BCUT2D eigenvalue weighted by Crippen LogP contribution is 2.33. The topological polar surface area (TPSA) is 74.9 Å². The van der Waals surface area contributed by atoms with Gasteiger partial charge in [0, 0.05) is 10.9 Å². The first-order valence-electron chi connectivity index (χ1n) is 10.6. The van der Waals surface area contributed by atoms with E-state index in [-0.39, 0.29) is 12.4 Å². The first-order chi connectivity index (χ1) is 16.5. The van der Waals surface area contributed by atoms with E-state index in [0.29, 0.717) is 46.3 Å². The highest BCUT2D eigenvalue weighted by molar-refractivity contribution is 9.10. The number of hydrogen-bond acceptors (Lipinski definition) is 6. The first kappa shape index (κ1) is 22.4. The van der Waals surface area contributed by atoms with E-state index in [1.807, 2.05) is 43.3 Å². The fourth-order valence-electron chi connectivity index (χ4n) is 3.57. The van der Waals surface area contributed by atoms with Gasteiger partial charge in [-0.05, 0) is 59.7 Å². The summed E-state index contributed by atoms with van der Waals surface area (Å²) in [6.07, 6.45) is 2.14. The van der Waals surface area contributed by atoms with E-state index in [1.54, 1.807) is 24.4 Å². The van der Waals surface area contributed by atoms with E-state index in [9.17, 15) is 4.79 Å². The van der Waals surface area contributed by atoms with Crippen LogP contribution in [-0.2, 0) is 13.0 Å². The molecule has 0 aliphatic carbocycles. The van der Waals surface area contributed by atoms with E-state index < -0.39 is 0 Å². The molecule has 4 aromatic rings. The van der Waals surface area contributed by atoms with Crippen molar-refractivity contribution >= 4 is 44.6 Å². The first-order valence-corrected chi connectivity index (χ1v) is 11.8. The smallest absolute Gasteiger partial charge is 0.282 e. The molecule has 7 nitrogen and oxygen atoms in total. The maximum atomic E-state index is 13.0. The number of rotatable bonds is 6. The van der Waals surface area contributed by atoms with Crippen LogP contribution in [0.5, 0.6) is 17.2 Å². The predicted molar refractivity (Wildman–Crippen MR) is 134 cm³/mol. The van der Waals surface area contributed by atoms with Gasteiger partial charge in [-0.15, -0.1) is 0 Å². The van der Waals surface area contributed by atoms with Crippen LogP contribution in [0.15, 0.2) is 69.0 Å². The lowest BCUT2D eigenvalue weighted by molar-refractivity contribution is 0.174. The van der Waals surface area contributed by atoms with Crippen molar-refractivity contribution in [3.63, 3.8) is 0 Å². The van der Waals surface area contributed by atoms with Gasteiger partial charge in [0.15, 0.2) is 11.5 Å². The Bertz CT molecular complexity index is 1490. The minimum absolute atomic E-state index is 0.228. The zero-order chi connectivity index (χ0) is 23.7. The van der Waals surface area contributed by atoms with Crippen LogP contribution in [-0.4, -0.2) is 22.7 Å². The minimum Gasteiger partial charge on any atom is -0.487 e. The number of benzene rings is 3. The van der Waals surface area contributed by atoms with Crippen LogP contribution in [0, 0.1) is 0 Å². The van der Waals surface area contributed by atoms with Gasteiger partial charge < -0.3 is 14.2 Å². The molecule has 172 valence electrons. The SMILES string of the molecule is CCc1nc2ccc(Br)cc2c(=O)n1N=Cc1ccc(OCc2ccc3c(c2)OCO3)c(Cl)c1. The molecule has 0 amide bonds. The van der Waals surface area contributed by atoms with Crippen molar-refractivity contribution in [2.45, 2.75) is 20.0 Å². The third-order valence-electron chi connectivity index (χ3n) is 5.30. The largest absolute Gasteiger partial charge is 0.487 e. The van der Waals surface area contributed by atoms with Crippen LogP contribution < -0.4 is 19.8 Å². The second kappa shape index (κ2) is 9.48. The summed E-state index contributed by atoms with van der Waals surface area (Å²) in [4.78, 5) is 17.6. The molecule has 0 unspecified atom stereocenters. The maximum Gasteiger partial charge on any atom is 0.282 e. The average molecular weight is 541 g/mol. The van der Waals surface area contributed by atoms with Gasteiger partial charge in [0.05, 0.1) is 22.1 Å². The fourth-order valence-corrected chi connectivity index (χ4v) is 4.18. The molecule has 3 aromatic carbocycles. The number of hydrogen-bond donors (Lipinski definition) is 0. The zero-order valence-electron chi connectivity index (χ0n) is 18.1. The minimum atomic E-state index is -0.228. The molecule has 5 rings (SSSR count). The number of ether oxygens (including phenoxy) is 3. The average Bonchev–Trinajstić information content (AvgIpc) is 3.31. The molecular formula is C25H19BrClN3O4. The Morgan fingerprint density at radius 3 is 2.82 bits per heavy atom. The lowest BCUT2D eigenvalue weighted by Crippen LogP contribution is -2.22. The maximum absolute atomic E-state index is 13.0. The summed E-state index contributed by atoms with van der Waals surface area (Å²) in [6, 6.07) is 16.4. The Hall–Kier alpha value is -3.36. The molecule has 1 aromatic heterocycles. The monoisotopic (exact) mass is 539 g/mol. The summed E-state index contributed by atoms with van der Waals surface area (Å²) in [6.45, 7) is 2.49. The molecule has 0 saturated heterocycles. The van der Waals surface area contributed by atoms with Gasteiger partial charge in [-0.25, -0.2) is 4.98 Å². The van der Waals surface area contributed by atoms with E-state index in [0.717, 1.165) is 21.3 Å². The lowest BCUT2D eigenvalue weighted by atomic mass is 10.2. The Morgan fingerprint density at radius 2 is 2.00 bits per heavy atom. The van der Waals surface area contributed by atoms with Gasteiger partial charge >= 0.3 is 0 Å². The summed E-state index contributed by atoms with van der Waals surface area (Å²) < 4.78 is 18.7. The van der Waals surface area contributed by atoms with Crippen LogP contribution in [0.1, 0.15) is 23.9 Å². The Kier molecular flexibility index (Phi) is 6.26. The van der Waals surface area contributed by atoms with Crippen molar-refractivity contribution in [2.24, 2.45) is 5.10 Å². The Balaban J connectivity index is 1.36. The summed E-state index contributed by atoms with van der Waals surface area (Å²) in [5, 5.41) is 5.33. The molecular weight excluding hydrogens is 522 g/mol. The molecule has 9 heteroatoms. The molecule has 34 heavy (non-hydrogen) atoms. The summed E-state index contributed by atoms with van der Waals surface area (Å²) >= 11 is 9.84. The highest BCUT2D eigenvalue weighted by Gasteiger charge is 2.14. The normalized spacial score (nSPS) is 12.6. The van der Waals surface area contributed by atoms with E-state index in [2.05, 4.69) is 26.0 Å². The molecule has 1 aliphatic heterocycles. The molecule has 0 spiro atoms. The number of fused-ring (bicyclic) bond motifs is 2. The number of halogens is 2. The van der Waals surface area contributed by atoms with Gasteiger partial charge in [-0.2, -0.15) is 9.78 Å². The van der Waals surface area contributed by atoms with Crippen molar-refractivity contribution in [1.29, 1.82) is 0 Å². The molecule has 2 heterocycles. The third-order valence-corrected chi connectivity index (χ3v) is 6.09. The molecule has 0 fully saturated rings. The molecule has 0 radical (unpaired) electrons. The van der Waals surface area contributed by atoms with Crippen LogP contribution >= 0.6 is 27.5 Å². The number of aromatic nitrogens is 2. The van der Waals surface area contributed by atoms with Crippen molar-refractivity contribution in [1.82, 2.24) is 9.66 Å². The van der Waals surface area contributed by atoms with Gasteiger partial charge in [-0.3, -0.25) is 4.79 Å². The van der Waals surface area contributed by atoms with Gasteiger partial charge in [0.1, 0.15) is 18.2 Å². The number of nitrogens with zero attached hydrogens (tertiary/aromatic N) is 3. The van der Waals surface area contributed by atoms with Crippen molar-refractivity contribution < 1.29 is 14.2 Å². The highest BCUT2D eigenvalue weighted by atomic mass is 79.9. The summed E-state index contributed by atoms with van der Waals surface area (Å²) in [5.74, 6) is 2.55. The summed E-state index contributed by atoms with van der Waals surface area (Å²) in [7, 11) is 0. The van der Waals surface area contributed by atoms with E-state index in [4.69, 9.17) is 25.8 Å². The Morgan fingerprint density at radius 1 is 1.15 bits per heavy atom. The lowest BCUT2D eigenvalue weighted by Gasteiger charge is -2.10. The molecule has 0 saturated carbocycles. The van der Waals surface area contributed by atoms with E-state index >= 15 is 0 Å². The second-order valence-electron chi connectivity index (χ2n) is 7.57.